The van der Waals surface area contributed by atoms with Crippen LogP contribution in [0.15, 0.2) is 24.4 Å². The van der Waals surface area contributed by atoms with Crippen molar-refractivity contribution in [2.24, 2.45) is 0 Å². The Labute approximate surface area is 301 Å². The number of amides is 3. The zero-order chi connectivity index (χ0) is 36.5. The summed E-state index contributed by atoms with van der Waals surface area (Å²) in [5.41, 5.74) is 1.29. The number of carbonyl (C=O) groups is 3. The number of nitrogens with zero attached hydrogens (tertiary/aromatic N) is 5. The van der Waals surface area contributed by atoms with Gasteiger partial charge in [0.2, 0.25) is 11.9 Å². The van der Waals surface area contributed by atoms with Crippen LogP contribution in [0.5, 0.6) is 5.75 Å². The van der Waals surface area contributed by atoms with Gasteiger partial charge in [-0.15, -0.1) is 0 Å². The molecule has 51 heavy (non-hydrogen) atoms. The highest BCUT2D eigenvalue weighted by Crippen LogP contribution is 2.40. The van der Waals surface area contributed by atoms with Gasteiger partial charge in [0, 0.05) is 44.9 Å². The topological polar surface area (TPSA) is 148 Å². The summed E-state index contributed by atoms with van der Waals surface area (Å²) < 4.78 is 22.7. The number of aromatic nitrogens is 2. The van der Waals surface area contributed by atoms with Crippen LogP contribution >= 0.6 is 0 Å². The minimum Gasteiger partial charge on any atom is -0.495 e. The molecule has 3 heterocycles. The minimum atomic E-state index is -0.499. The molecule has 5 rings (SSSR count). The molecule has 1 atom stereocenters. The first-order valence-electron chi connectivity index (χ1n) is 18.3. The van der Waals surface area contributed by atoms with Crippen LogP contribution in [0.4, 0.5) is 27.9 Å². The molecule has 0 spiro atoms. The van der Waals surface area contributed by atoms with Gasteiger partial charge in [0.15, 0.2) is 5.82 Å². The quantitative estimate of drug-likeness (QED) is 0.247. The number of hydrogen-bond acceptors (Lipinski definition) is 11. The van der Waals surface area contributed by atoms with Crippen molar-refractivity contribution < 1.29 is 33.3 Å². The third-order valence-corrected chi connectivity index (χ3v) is 9.55. The van der Waals surface area contributed by atoms with Crippen LogP contribution in [0.2, 0.25) is 0 Å². The van der Waals surface area contributed by atoms with Gasteiger partial charge in [0.25, 0.3) is 5.91 Å². The molecule has 0 unspecified atom stereocenters. The Balaban J connectivity index is 1.05. The number of piperidine rings is 1. The van der Waals surface area contributed by atoms with Crippen molar-refractivity contribution in [2.75, 3.05) is 68.7 Å². The summed E-state index contributed by atoms with van der Waals surface area (Å²) in [5.74, 6) is 1.49. The van der Waals surface area contributed by atoms with Gasteiger partial charge in [0.05, 0.1) is 38.3 Å². The number of ether oxygens (including phenoxy) is 4. The first kappa shape index (κ1) is 38.1. The van der Waals surface area contributed by atoms with E-state index in [4.69, 9.17) is 23.9 Å². The number of likely N-dealkylation sites (tertiary alicyclic amines) is 1. The SMILES string of the molecule is CC[C@@H]1C(=O)N(C)c2cnc(Nc3ccc(C(=O)NCCCOCCOC4CCN(C(=O)OC(C)(C)C)CC4)cc3OC)nc2N1C1CCCC1. The lowest BCUT2D eigenvalue weighted by molar-refractivity contribution is -0.120. The van der Waals surface area contributed by atoms with Gasteiger partial charge in [-0.1, -0.05) is 19.8 Å². The maximum atomic E-state index is 13.2. The van der Waals surface area contributed by atoms with Crippen molar-refractivity contribution >= 4 is 41.0 Å². The molecule has 2 N–H and O–H groups in total. The lowest BCUT2D eigenvalue weighted by Gasteiger charge is -2.43. The largest absolute Gasteiger partial charge is 0.495 e. The van der Waals surface area contributed by atoms with Gasteiger partial charge >= 0.3 is 6.09 Å². The van der Waals surface area contributed by atoms with Crippen molar-refractivity contribution in [1.82, 2.24) is 20.2 Å². The van der Waals surface area contributed by atoms with Crippen molar-refractivity contribution in [3.8, 4) is 5.75 Å². The molecule has 2 aliphatic heterocycles. The Bertz CT molecular complexity index is 1500. The molecule has 1 aromatic heterocycles. The van der Waals surface area contributed by atoms with Crippen LogP contribution in [0.1, 0.15) is 89.4 Å². The standard InChI is InChI=1S/C37H55N7O7/c1-7-29-34(46)42(5)30-24-39-35(41-32(30)44(29)26-11-8-9-12-26)40-28-14-13-25(23-31(28)48-6)33(45)38-17-10-20-49-21-22-50-27-15-18-43(19-16-27)36(47)51-37(2,3)4/h13-14,23-24,26-27,29H,7-12,15-22H2,1-6H3,(H,38,45)(H,39,40,41)/t29-/m1/s1. The minimum absolute atomic E-state index is 0.0700. The maximum absolute atomic E-state index is 13.2. The molecule has 0 bridgehead atoms. The molecule has 3 amide bonds. The van der Waals surface area contributed by atoms with E-state index < -0.39 is 5.60 Å². The number of likely N-dealkylation sites (N-methyl/N-ethyl adjacent to an activating group) is 1. The summed E-state index contributed by atoms with van der Waals surface area (Å²) in [6, 6.07) is 5.21. The molecule has 2 aromatic rings. The van der Waals surface area contributed by atoms with E-state index in [2.05, 4.69) is 20.5 Å². The van der Waals surface area contributed by atoms with E-state index in [0.29, 0.717) is 80.9 Å². The Morgan fingerprint density at radius 2 is 1.78 bits per heavy atom. The monoisotopic (exact) mass is 709 g/mol. The fourth-order valence-corrected chi connectivity index (χ4v) is 6.88. The van der Waals surface area contributed by atoms with E-state index in [0.717, 1.165) is 44.3 Å². The Hall–Kier alpha value is -4.17. The molecule has 1 aliphatic carbocycles. The number of benzene rings is 1. The summed E-state index contributed by atoms with van der Waals surface area (Å²) in [4.78, 5) is 53.4. The van der Waals surface area contributed by atoms with E-state index in [-0.39, 0.29) is 36.1 Å². The summed E-state index contributed by atoms with van der Waals surface area (Å²) in [6.07, 6.45) is 8.80. The second-order valence-corrected chi connectivity index (χ2v) is 14.4. The molecule has 3 aliphatic rings. The van der Waals surface area contributed by atoms with Crippen molar-refractivity contribution in [1.29, 1.82) is 0 Å². The Morgan fingerprint density at radius 3 is 2.47 bits per heavy atom. The van der Waals surface area contributed by atoms with Crippen LogP contribution in [-0.2, 0) is 19.0 Å². The molecule has 1 saturated heterocycles. The highest BCUT2D eigenvalue weighted by molar-refractivity contribution is 6.04. The van der Waals surface area contributed by atoms with Crippen LogP contribution in [0, 0.1) is 0 Å². The normalized spacial score (nSPS) is 18.5. The lowest BCUT2D eigenvalue weighted by Crippen LogP contribution is -2.55. The molecule has 0 radical (unpaired) electrons. The predicted octanol–water partition coefficient (Wildman–Crippen LogP) is 5.29. The highest BCUT2D eigenvalue weighted by atomic mass is 16.6. The summed E-state index contributed by atoms with van der Waals surface area (Å²) in [5, 5.41) is 6.21. The fraction of sp³-hybridized carbons (Fsp3) is 0.649. The number of nitrogens with one attached hydrogen (secondary N) is 2. The zero-order valence-corrected chi connectivity index (χ0v) is 31.0. The van der Waals surface area contributed by atoms with Crippen molar-refractivity contribution in [3.05, 3.63) is 30.0 Å². The Kier molecular flexibility index (Phi) is 13.0. The van der Waals surface area contributed by atoms with Crippen LogP contribution in [0.3, 0.4) is 0 Å². The van der Waals surface area contributed by atoms with Gasteiger partial charge in [-0.05, 0) is 77.5 Å². The number of hydrogen-bond donors (Lipinski definition) is 2. The van der Waals surface area contributed by atoms with E-state index in [9.17, 15) is 14.4 Å². The van der Waals surface area contributed by atoms with Gasteiger partial charge in [-0.25, -0.2) is 9.78 Å². The van der Waals surface area contributed by atoms with E-state index in [1.807, 2.05) is 27.7 Å². The first-order chi connectivity index (χ1) is 24.5. The molecule has 1 aromatic carbocycles. The lowest BCUT2D eigenvalue weighted by atomic mass is 10.0. The third-order valence-electron chi connectivity index (χ3n) is 9.55. The zero-order valence-electron chi connectivity index (χ0n) is 31.0. The van der Waals surface area contributed by atoms with E-state index >= 15 is 0 Å². The van der Waals surface area contributed by atoms with Gasteiger partial charge < -0.3 is 44.3 Å². The first-order valence-corrected chi connectivity index (χ1v) is 18.3. The number of carbonyl (C=O) groups excluding carboxylic acids is 3. The highest BCUT2D eigenvalue weighted by Gasteiger charge is 2.41. The van der Waals surface area contributed by atoms with E-state index in [1.54, 1.807) is 48.4 Å². The smallest absolute Gasteiger partial charge is 0.410 e. The molecule has 280 valence electrons. The summed E-state index contributed by atoms with van der Waals surface area (Å²) >= 11 is 0. The molecule has 14 heteroatoms. The second-order valence-electron chi connectivity index (χ2n) is 14.4. The van der Waals surface area contributed by atoms with E-state index in [1.165, 1.54) is 0 Å². The van der Waals surface area contributed by atoms with Gasteiger partial charge in [-0.3, -0.25) is 9.59 Å². The van der Waals surface area contributed by atoms with Crippen molar-refractivity contribution in [3.63, 3.8) is 0 Å². The summed E-state index contributed by atoms with van der Waals surface area (Å²) in [6.45, 7) is 10.8. The van der Waals surface area contributed by atoms with Gasteiger partial charge in [0.1, 0.15) is 23.1 Å². The Morgan fingerprint density at radius 1 is 1.04 bits per heavy atom. The number of methoxy groups -OCH3 is 1. The van der Waals surface area contributed by atoms with Crippen LogP contribution < -0.4 is 25.2 Å². The van der Waals surface area contributed by atoms with Gasteiger partial charge in [-0.2, -0.15) is 4.98 Å². The molecule has 14 nitrogen and oxygen atoms in total. The van der Waals surface area contributed by atoms with Crippen LogP contribution in [0.25, 0.3) is 0 Å². The molecular weight excluding hydrogens is 654 g/mol. The molecular formula is C37H55N7O7. The molecule has 1 saturated carbocycles. The maximum Gasteiger partial charge on any atom is 0.410 e. The summed E-state index contributed by atoms with van der Waals surface area (Å²) in [7, 11) is 3.34. The van der Waals surface area contributed by atoms with Crippen molar-refractivity contribution in [2.45, 2.75) is 103 Å². The fourth-order valence-electron chi connectivity index (χ4n) is 6.88. The average molecular weight is 710 g/mol. The predicted molar refractivity (Wildman–Crippen MR) is 195 cm³/mol. The van der Waals surface area contributed by atoms with Crippen LogP contribution in [-0.4, -0.2) is 110 Å². The third kappa shape index (κ3) is 9.79. The molecule has 2 fully saturated rings. The number of anilines is 4. The average Bonchev–Trinajstić information content (AvgIpc) is 3.65. The number of rotatable bonds is 14. The number of fused-ring (bicyclic) bond motifs is 1. The second kappa shape index (κ2) is 17.4.